The maximum absolute atomic E-state index is 10.7. The molecule has 2 aromatic heterocycles. The van der Waals surface area contributed by atoms with Gasteiger partial charge in [0.05, 0.1) is 17.0 Å². The Labute approximate surface area is 113 Å². The van der Waals surface area contributed by atoms with Crippen molar-refractivity contribution in [2.45, 2.75) is 6.54 Å². The van der Waals surface area contributed by atoms with E-state index in [1.54, 1.807) is 6.20 Å². The summed E-state index contributed by atoms with van der Waals surface area (Å²) in [6, 6.07) is 9.59. The molecule has 7 heteroatoms. The molecule has 0 aliphatic carbocycles. The van der Waals surface area contributed by atoms with Crippen LogP contribution in [0.4, 0.5) is 11.5 Å². The minimum Gasteiger partial charge on any atom is -0.378 e. The van der Waals surface area contributed by atoms with Crippen molar-refractivity contribution in [3.8, 4) is 0 Å². The summed E-state index contributed by atoms with van der Waals surface area (Å²) < 4.78 is 1.41. The van der Waals surface area contributed by atoms with Gasteiger partial charge in [0.1, 0.15) is 6.20 Å². The summed E-state index contributed by atoms with van der Waals surface area (Å²) in [5, 5.41) is 15.7. The first kappa shape index (κ1) is 12.1. The van der Waals surface area contributed by atoms with Crippen molar-refractivity contribution < 1.29 is 4.92 Å². The molecule has 100 valence electrons. The molecule has 2 heterocycles. The van der Waals surface area contributed by atoms with Gasteiger partial charge >= 0.3 is 5.69 Å². The van der Waals surface area contributed by atoms with E-state index < -0.39 is 4.92 Å². The standard InChI is InChI=1S/C13H11N5O2/c14-13-12(18(19)20)7-16-17(13)8-9-3-4-11-10(6-9)2-1-5-15-11/h1-7H,8,14H2. The minimum atomic E-state index is -0.539. The number of fused-ring (bicyclic) bond motifs is 1. The van der Waals surface area contributed by atoms with Crippen LogP contribution in [0, 0.1) is 10.1 Å². The zero-order valence-corrected chi connectivity index (χ0v) is 10.4. The zero-order chi connectivity index (χ0) is 14.1. The third kappa shape index (κ3) is 2.05. The van der Waals surface area contributed by atoms with E-state index in [4.69, 9.17) is 5.73 Å². The average molecular weight is 269 g/mol. The molecular weight excluding hydrogens is 258 g/mol. The van der Waals surface area contributed by atoms with Crippen molar-refractivity contribution in [3.05, 3.63) is 58.4 Å². The Morgan fingerprint density at radius 1 is 1.35 bits per heavy atom. The molecule has 0 fully saturated rings. The predicted octanol–water partition coefficient (Wildman–Crippen LogP) is 1.97. The van der Waals surface area contributed by atoms with E-state index in [1.165, 1.54) is 4.68 Å². The van der Waals surface area contributed by atoms with Gasteiger partial charge in [0.15, 0.2) is 0 Å². The van der Waals surface area contributed by atoms with E-state index in [0.717, 1.165) is 22.7 Å². The number of hydrogen-bond acceptors (Lipinski definition) is 5. The van der Waals surface area contributed by atoms with Crippen molar-refractivity contribution in [1.82, 2.24) is 14.8 Å². The topological polar surface area (TPSA) is 99.9 Å². The second-order valence-corrected chi connectivity index (χ2v) is 4.36. The molecule has 2 N–H and O–H groups in total. The molecule has 0 bridgehead atoms. The zero-order valence-electron chi connectivity index (χ0n) is 10.4. The lowest BCUT2D eigenvalue weighted by Gasteiger charge is -2.05. The number of nitrogen functional groups attached to an aromatic ring is 1. The van der Waals surface area contributed by atoms with Crippen molar-refractivity contribution in [2.24, 2.45) is 0 Å². The second kappa shape index (κ2) is 4.61. The molecule has 0 radical (unpaired) electrons. The number of anilines is 1. The molecule has 3 rings (SSSR count). The first-order valence-electron chi connectivity index (χ1n) is 5.94. The van der Waals surface area contributed by atoms with Crippen molar-refractivity contribution in [1.29, 1.82) is 0 Å². The van der Waals surface area contributed by atoms with Gasteiger partial charge in [-0.05, 0) is 23.8 Å². The molecule has 0 amide bonds. The van der Waals surface area contributed by atoms with E-state index in [2.05, 4.69) is 10.1 Å². The van der Waals surface area contributed by atoms with E-state index in [9.17, 15) is 10.1 Å². The molecule has 7 nitrogen and oxygen atoms in total. The van der Waals surface area contributed by atoms with E-state index in [-0.39, 0.29) is 11.5 Å². The van der Waals surface area contributed by atoms with Crippen LogP contribution in [0.2, 0.25) is 0 Å². The first-order valence-corrected chi connectivity index (χ1v) is 5.94. The maximum Gasteiger partial charge on any atom is 0.330 e. The van der Waals surface area contributed by atoms with Gasteiger partial charge in [-0.1, -0.05) is 12.1 Å². The SMILES string of the molecule is Nc1c([N+](=O)[O-])cnn1Cc1ccc2ncccc2c1. The molecular formula is C13H11N5O2. The van der Waals surface area contributed by atoms with Crippen LogP contribution in [0.3, 0.4) is 0 Å². The highest BCUT2D eigenvalue weighted by Gasteiger charge is 2.17. The maximum atomic E-state index is 10.7. The number of nitro groups is 1. The fourth-order valence-corrected chi connectivity index (χ4v) is 2.05. The summed E-state index contributed by atoms with van der Waals surface area (Å²) in [7, 11) is 0. The first-order chi connectivity index (χ1) is 9.65. The summed E-state index contributed by atoms with van der Waals surface area (Å²) in [5.74, 6) is 0.0567. The normalized spacial score (nSPS) is 10.8. The highest BCUT2D eigenvalue weighted by Crippen LogP contribution is 2.21. The lowest BCUT2D eigenvalue weighted by molar-refractivity contribution is -0.384. The number of rotatable bonds is 3. The molecule has 0 saturated heterocycles. The average Bonchev–Trinajstić information content (AvgIpc) is 2.80. The number of hydrogen-bond donors (Lipinski definition) is 1. The van der Waals surface area contributed by atoms with Gasteiger partial charge in [-0.2, -0.15) is 5.10 Å². The van der Waals surface area contributed by atoms with Crippen molar-refractivity contribution >= 4 is 22.4 Å². The Morgan fingerprint density at radius 3 is 2.95 bits per heavy atom. The monoisotopic (exact) mass is 269 g/mol. The van der Waals surface area contributed by atoms with E-state index in [0.29, 0.717) is 6.54 Å². The van der Waals surface area contributed by atoms with Gasteiger partial charge < -0.3 is 5.73 Å². The van der Waals surface area contributed by atoms with Crippen LogP contribution < -0.4 is 5.73 Å². The molecule has 0 atom stereocenters. The summed E-state index contributed by atoms with van der Waals surface area (Å²) in [5.41, 5.74) is 7.39. The van der Waals surface area contributed by atoms with Crippen molar-refractivity contribution in [2.75, 3.05) is 5.73 Å². The number of aromatic nitrogens is 3. The Hall–Kier alpha value is -2.96. The molecule has 0 aliphatic rings. The molecule has 20 heavy (non-hydrogen) atoms. The molecule has 0 saturated carbocycles. The molecule has 0 spiro atoms. The largest absolute Gasteiger partial charge is 0.378 e. The number of pyridine rings is 1. The van der Waals surface area contributed by atoms with Crippen LogP contribution in [0.25, 0.3) is 10.9 Å². The van der Waals surface area contributed by atoms with Crippen LogP contribution in [-0.2, 0) is 6.54 Å². The third-order valence-electron chi connectivity index (χ3n) is 3.06. The predicted molar refractivity (Wildman–Crippen MR) is 74.1 cm³/mol. The fraction of sp³-hybridized carbons (Fsp3) is 0.0769. The summed E-state index contributed by atoms with van der Waals surface area (Å²) in [6.45, 7) is 0.379. The smallest absolute Gasteiger partial charge is 0.330 e. The Kier molecular flexibility index (Phi) is 2.79. The van der Waals surface area contributed by atoms with Crippen LogP contribution in [0.15, 0.2) is 42.7 Å². The minimum absolute atomic E-state index is 0.0567. The van der Waals surface area contributed by atoms with E-state index in [1.807, 2.05) is 30.3 Å². The van der Waals surface area contributed by atoms with Gasteiger partial charge in [0, 0.05) is 11.6 Å². The second-order valence-electron chi connectivity index (χ2n) is 4.36. The number of benzene rings is 1. The lowest BCUT2D eigenvalue weighted by atomic mass is 10.1. The quantitative estimate of drug-likeness (QED) is 0.578. The third-order valence-corrected chi connectivity index (χ3v) is 3.06. The highest BCUT2D eigenvalue weighted by atomic mass is 16.6. The van der Waals surface area contributed by atoms with Gasteiger partial charge in [-0.15, -0.1) is 0 Å². The number of nitrogens with two attached hydrogens (primary N) is 1. The van der Waals surface area contributed by atoms with Crippen LogP contribution in [0.5, 0.6) is 0 Å². The van der Waals surface area contributed by atoms with Gasteiger partial charge in [0.25, 0.3) is 0 Å². The van der Waals surface area contributed by atoms with Gasteiger partial charge in [-0.3, -0.25) is 15.1 Å². The van der Waals surface area contributed by atoms with Crippen LogP contribution >= 0.6 is 0 Å². The van der Waals surface area contributed by atoms with Gasteiger partial charge in [0.2, 0.25) is 5.82 Å². The molecule has 0 unspecified atom stereocenters. The lowest BCUT2D eigenvalue weighted by Crippen LogP contribution is -2.06. The Bertz CT molecular complexity index is 796. The summed E-state index contributed by atoms with van der Waals surface area (Å²) in [4.78, 5) is 14.4. The Morgan fingerprint density at radius 2 is 2.20 bits per heavy atom. The fourth-order valence-electron chi connectivity index (χ4n) is 2.05. The Balaban J connectivity index is 1.95. The van der Waals surface area contributed by atoms with Crippen molar-refractivity contribution in [3.63, 3.8) is 0 Å². The van der Waals surface area contributed by atoms with Gasteiger partial charge in [-0.25, -0.2) is 4.68 Å². The summed E-state index contributed by atoms with van der Waals surface area (Å²) >= 11 is 0. The highest BCUT2D eigenvalue weighted by molar-refractivity contribution is 5.78. The van der Waals surface area contributed by atoms with Crippen LogP contribution in [0.1, 0.15) is 5.56 Å². The molecule has 0 aliphatic heterocycles. The number of nitrogens with zero attached hydrogens (tertiary/aromatic N) is 4. The summed E-state index contributed by atoms with van der Waals surface area (Å²) in [6.07, 6.45) is 2.90. The van der Waals surface area contributed by atoms with Crippen LogP contribution in [-0.4, -0.2) is 19.7 Å². The molecule has 1 aromatic carbocycles. The molecule has 3 aromatic rings. The van der Waals surface area contributed by atoms with E-state index >= 15 is 0 Å².